The summed E-state index contributed by atoms with van der Waals surface area (Å²) in [6.45, 7) is 1.86. The van der Waals surface area contributed by atoms with Gasteiger partial charge < -0.3 is 10.1 Å². The number of hydrogen-bond acceptors (Lipinski definition) is 5. The first-order valence-electron chi connectivity index (χ1n) is 6.15. The van der Waals surface area contributed by atoms with Crippen molar-refractivity contribution in [3.8, 4) is 0 Å². The van der Waals surface area contributed by atoms with Crippen molar-refractivity contribution in [1.82, 2.24) is 15.2 Å². The molecule has 21 heavy (non-hydrogen) atoms. The van der Waals surface area contributed by atoms with Crippen LogP contribution in [-0.4, -0.2) is 34.2 Å². The molecule has 1 aromatic heterocycles. The number of ether oxygens (including phenoxy) is 1. The minimum Gasteiger partial charge on any atom is -0.465 e. The van der Waals surface area contributed by atoms with Crippen molar-refractivity contribution < 1.29 is 18.7 Å². The van der Waals surface area contributed by atoms with Gasteiger partial charge in [0.05, 0.1) is 18.4 Å². The number of carbonyl (C=O) groups is 2. The Morgan fingerprint density at radius 1 is 1.43 bits per heavy atom. The summed E-state index contributed by atoms with van der Waals surface area (Å²) in [5, 5.41) is 8.82. The highest BCUT2D eigenvalue weighted by atomic mass is 19.1. The molecule has 0 spiro atoms. The van der Waals surface area contributed by atoms with Crippen LogP contribution in [0.2, 0.25) is 0 Å². The molecule has 0 aliphatic carbocycles. The van der Waals surface area contributed by atoms with Crippen molar-refractivity contribution >= 4 is 17.6 Å². The van der Waals surface area contributed by atoms with E-state index in [-0.39, 0.29) is 17.1 Å². The van der Waals surface area contributed by atoms with Gasteiger partial charge in [-0.2, -0.15) is 0 Å². The van der Waals surface area contributed by atoms with Gasteiger partial charge in [0.1, 0.15) is 11.6 Å². The molecule has 0 aliphatic rings. The summed E-state index contributed by atoms with van der Waals surface area (Å²) >= 11 is 0. The van der Waals surface area contributed by atoms with E-state index >= 15 is 0 Å². The van der Waals surface area contributed by atoms with Gasteiger partial charge in [-0.15, -0.1) is 5.10 Å². The molecule has 0 radical (unpaired) electrons. The summed E-state index contributed by atoms with van der Waals surface area (Å²) in [6.07, 6.45) is 0.601. The van der Waals surface area contributed by atoms with Crippen LogP contribution in [0.3, 0.4) is 0 Å². The number of aromatic amines is 1. The number of methoxy groups -OCH3 is 1. The second-order valence-electron chi connectivity index (χ2n) is 4.09. The predicted octanol–water partition coefficient (Wildman–Crippen LogP) is 1.55. The zero-order valence-electron chi connectivity index (χ0n) is 11.4. The summed E-state index contributed by atoms with van der Waals surface area (Å²) < 4.78 is 17.7. The molecule has 1 amide bonds. The molecule has 0 aliphatic heterocycles. The van der Waals surface area contributed by atoms with E-state index in [0.29, 0.717) is 12.2 Å². The van der Waals surface area contributed by atoms with Gasteiger partial charge in [-0.25, -0.2) is 14.2 Å². The van der Waals surface area contributed by atoms with Crippen LogP contribution >= 0.6 is 0 Å². The Morgan fingerprint density at radius 2 is 2.19 bits per heavy atom. The number of esters is 1. The molecule has 0 bridgehead atoms. The average molecular weight is 292 g/mol. The third-order valence-electron chi connectivity index (χ3n) is 2.70. The highest BCUT2D eigenvalue weighted by Crippen LogP contribution is 2.18. The van der Waals surface area contributed by atoms with Gasteiger partial charge >= 0.3 is 5.97 Å². The van der Waals surface area contributed by atoms with E-state index in [1.807, 2.05) is 6.92 Å². The third kappa shape index (κ3) is 3.22. The van der Waals surface area contributed by atoms with Crippen molar-refractivity contribution in [2.45, 2.75) is 13.3 Å². The van der Waals surface area contributed by atoms with E-state index in [0.717, 1.165) is 12.1 Å². The van der Waals surface area contributed by atoms with Crippen molar-refractivity contribution in [2.75, 3.05) is 12.4 Å². The number of aryl methyl sites for hydroxylation is 1. The monoisotopic (exact) mass is 292 g/mol. The van der Waals surface area contributed by atoms with Crippen LogP contribution in [-0.2, 0) is 11.2 Å². The van der Waals surface area contributed by atoms with E-state index in [1.165, 1.54) is 13.2 Å². The van der Waals surface area contributed by atoms with Gasteiger partial charge in [0.25, 0.3) is 5.91 Å². The second kappa shape index (κ2) is 6.12. The quantitative estimate of drug-likeness (QED) is 0.833. The number of benzene rings is 1. The SMILES string of the molecule is CCc1nc(C(=O)Nc2ccc(F)cc2C(=O)OC)n[nH]1. The summed E-state index contributed by atoms with van der Waals surface area (Å²) in [6, 6.07) is 3.38. The van der Waals surface area contributed by atoms with Crippen LogP contribution in [0.5, 0.6) is 0 Å². The molecule has 0 atom stereocenters. The number of carbonyl (C=O) groups excluding carboxylic acids is 2. The first-order chi connectivity index (χ1) is 10.0. The average Bonchev–Trinajstić information content (AvgIpc) is 2.97. The number of nitrogens with one attached hydrogen (secondary N) is 2. The van der Waals surface area contributed by atoms with Crippen LogP contribution in [0.1, 0.15) is 33.7 Å². The topological polar surface area (TPSA) is 97.0 Å². The fourth-order valence-corrected chi connectivity index (χ4v) is 1.64. The lowest BCUT2D eigenvalue weighted by Crippen LogP contribution is -2.17. The lowest BCUT2D eigenvalue weighted by molar-refractivity contribution is 0.0601. The van der Waals surface area contributed by atoms with Crippen LogP contribution in [0.25, 0.3) is 0 Å². The molecule has 1 aromatic carbocycles. The molecule has 0 unspecified atom stereocenters. The predicted molar refractivity (Wildman–Crippen MR) is 71.5 cm³/mol. The maximum Gasteiger partial charge on any atom is 0.340 e. The van der Waals surface area contributed by atoms with Crippen LogP contribution in [0, 0.1) is 5.82 Å². The van der Waals surface area contributed by atoms with Crippen molar-refractivity contribution in [1.29, 1.82) is 0 Å². The van der Waals surface area contributed by atoms with Crippen LogP contribution < -0.4 is 5.32 Å². The number of anilines is 1. The minimum atomic E-state index is -0.756. The summed E-state index contributed by atoms with van der Waals surface area (Å²) in [4.78, 5) is 27.5. The maximum absolute atomic E-state index is 13.2. The molecule has 0 saturated heterocycles. The largest absolute Gasteiger partial charge is 0.465 e. The highest BCUT2D eigenvalue weighted by molar-refractivity contribution is 6.06. The van der Waals surface area contributed by atoms with Gasteiger partial charge in [-0.05, 0) is 18.2 Å². The minimum absolute atomic E-state index is 0.0630. The van der Waals surface area contributed by atoms with Gasteiger partial charge in [0.15, 0.2) is 0 Å². The van der Waals surface area contributed by atoms with E-state index in [4.69, 9.17) is 0 Å². The van der Waals surface area contributed by atoms with Crippen molar-refractivity contribution in [3.63, 3.8) is 0 Å². The third-order valence-corrected chi connectivity index (χ3v) is 2.70. The van der Waals surface area contributed by atoms with E-state index in [9.17, 15) is 14.0 Å². The van der Waals surface area contributed by atoms with Gasteiger partial charge in [-0.1, -0.05) is 6.92 Å². The first kappa shape index (κ1) is 14.6. The Labute approximate surface area is 119 Å². The Bertz CT molecular complexity index is 684. The number of halogens is 1. The Kier molecular flexibility index (Phi) is 4.27. The van der Waals surface area contributed by atoms with Gasteiger partial charge in [0, 0.05) is 6.42 Å². The summed E-state index contributed by atoms with van der Waals surface area (Å²) in [5.74, 6) is -1.48. The highest BCUT2D eigenvalue weighted by Gasteiger charge is 2.18. The van der Waals surface area contributed by atoms with E-state index in [1.54, 1.807) is 0 Å². The van der Waals surface area contributed by atoms with Crippen molar-refractivity contribution in [3.05, 3.63) is 41.2 Å². The summed E-state index contributed by atoms with van der Waals surface area (Å²) in [5.41, 5.74) is 0.0354. The van der Waals surface area contributed by atoms with Gasteiger partial charge in [0.2, 0.25) is 5.82 Å². The first-order valence-corrected chi connectivity index (χ1v) is 6.15. The molecule has 8 heteroatoms. The molecular weight excluding hydrogens is 279 g/mol. The summed E-state index contributed by atoms with van der Waals surface area (Å²) in [7, 11) is 1.17. The van der Waals surface area contributed by atoms with Crippen LogP contribution in [0.4, 0.5) is 10.1 Å². The lowest BCUT2D eigenvalue weighted by Gasteiger charge is -2.08. The van der Waals surface area contributed by atoms with Crippen molar-refractivity contribution in [2.24, 2.45) is 0 Å². The zero-order valence-corrected chi connectivity index (χ0v) is 11.4. The second-order valence-corrected chi connectivity index (χ2v) is 4.09. The molecule has 2 aromatic rings. The number of aromatic nitrogens is 3. The molecule has 2 rings (SSSR count). The Balaban J connectivity index is 2.26. The maximum atomic E-state index is 13.2. The normalized spacial score (nSPS) is 10.2. The Morgan fingerprint density at radius 3 is 2.81 bits per heavy atom. The fourth-order valence-electron chi connectivity index (χ4n) is 1.64. The van der Waals surface area contributed by atoms with E-state index < -0.39 is 17.7 Å². The smallest absolute Gasteiger partial charge is 0.340 e. The Hall–Kier alpha value is -2.77. The zero-order chi connectivity index (χ0) is 15.4. The molecular formula is C13H13FN4O3. The standard InChI is InChI=1S/C13H13FN4O3/c1-3-10-16-11(18-17-10)12(19)15-9-5-4-7(14)6-8(9)13(20)21-2/h4-6H,3H2,1-2H3,(H,15,19)(H,16,17,18). The lowest BCUT2D eigenvalue weighted by atomic mass is 10.1. The van der Waals surface area contributed by atoms with E-state index in [2.05, 4.69) is 25.2 Å². The molecule has 7 nitrogen and oxygen atoms in total. The molecule has 0 fully saturated rings. The molecule has 0 saturated carbocycles. The van der Waals surface area contributed by atoms with Gasteiger partial charge in [-0.3, -0.25) is 9.89 Å². The molecule has 1 heterocycles. The molecule has 110 valence electrons. The number of rotatable bonds is 4. The number of amides is 1. The molecule has 2 N–H and O–H groups in total. The van der Waals surface area contributed by atoms with Crippen LogP contribution in [0.15, 0.2) is 18.2 Å². The fraction of sp³-hybridized carbons (Fsp3) is 0.231. The number of hydrogen-bond donors (Lipinski definition) is 2. The number of nitrogens with zero attached hydrogens (tertiary/aromatic N) is 2. The number of H-pyrrole nitrogens is 1.